The summed E-state index contributed by atoms with van der Waals surface area (Å²) < 4.78 is 4.80. The van der Waals surface area contributed by atoms with Crippen molar-refractivity contribution in [3.63, 3.8) is 0 Å². The predicted octanol–water partition coefficient (Wildman–Crippen LogP) is 14.1. The molecule has 0 atom stereocenters. The average Bonchev–Trinajstić information content (AvgIpc) is 3.83. The van der Waals surface area contributed by atoms with Crippen molar-refractivity contribution in [1.82, 2.24) is 9.13 Å². The zero-order valence-electron chi connectivity index (χ0n) is 30.6. The number of benzene rings is 8. The Morgan fingerprint density at radius 1 is 0.400 bits per heavy atom. The van der Waals surface area contributed by atoms with Gasteiger partial charge in [-0.1, -0.05) is 123 Å². The molecule has 8 aromatic carbocycles. The highest BCUT2D eigenvalue weighted by Crippen LogP contribution is 2.49. The maximum absolute atomic E-state index is 7.43. The van der Waals surface area contributed by atoms with Gasteiger partial charge in [-0.05, 0) is 111 Å². The zero-order chi connectivity index (χ0) is 36.8. The molecule has 0 N–H and O–H groups in total. The molecule has 10 aromatic rings. The van der Waals surface area contributed by atoms with E-state index in [9.17, 15) is 0 Å². The molecule has 0 bridgehead atoms. The van der Waals surface area contributed by atoms with Gasteiger partial charge in [-0.25, -0.2) is 4.85 Å². The maximum Gasteiger partial charge on any atom is 0.187 e. The van der Waals surface area contributed by atoms with E-state index in [4.69, 9.17) is 6.57 Å². The van der Waals surface area contributed by atoms with Crippen molar-refractivity contribution in [2.24, 2.45) is 0 Å². The van der Waals surface area contributed by atoms with Crippen LogP contribution in [0.2, 0.25) is 0 Å². The Balaban J connectivity index is 1.03. The number of aromatic nitrogens is 2. The van der Waals surface area contributed by atoms with Crippen molar-refractivity contribution in [2.45, 2.75) is 19.3 Å². The quantitative estimate of drug-likeness (QED) is 0.162. The minimum atomic E-state index is -0.0643. The second-order valence-corrected chi connectivity index (χ2v) is 15.3. The molecule has 0 saturated carbocycles. The lowest BCUT2D eigenvalue weighted by Gasteiger charge is -2.22. The van der Waals surface area contributed by atoms with Crippen LogP contribution in [-0.4, -0.2) is 9.13 Å². The van der Waals surface area contributed by atoms with Crippen LogP contribution in [0.1, 0.15) is 25.0 Å². The van der Waals surface area contributed by atoms with Gasteiger partial charge in [0.25, 0.3) is 0 Å². The number of hydrogen-bond acceptors (Lipinski definition) is 0. The summed E-state index contributed by atoms with van der Waals surface area (Å²) in [6.07, 6.45) is 0. The first kappa shape index (κ1) is 31.4. The first-order valence-electron chi connectivity index (χ1n) is 18.9. The number of hydrogen-bond donors (Lipinski definition) is 0. The molecule has 0 amide bonds. The van der Waals surface area contributed by atoms with Crippen molar-refractivity contribution >= 4 is 49.3 Å². The summed E-state index contributed by atoms with van der Waals surface area (Å²) in [5.41, 5.74) is 17.7. The molecular formula is C52H35N3. The van der Waals surface area contributed by atoms with Crippen LogP contribution in [0.25, 0.3) is 93.2 Å². The van der Waals surface area contributed by atoms with Crippen LogP contribution in [0.5, 0.6) is 0 Å². The molecule has 1 aliphatic rings. The Morgan fingerprint density at radius 2 is 0.927 bits per heavy atom. The molecule has 2 heterocycles. The summed E-state index contributed by atoms with van der Waals surface area (Å²) in [6.45, 7) is 12.1. The van der Waals surface area contributed by atoms with Crippen molar-refractivity contribution in [2.75, 3.05) is 0 Å². The highest BCUT2D eigenvalue weighted by atomic mass is 15.0. The summed E-state index contributed by atoms with van der Waals surface area (Å²) >= 11 is 0. The Kier molecular flexibility index (Phi) is 6.66. The van der Waals surface area contributed by atoms with Gasteiger partial charge in [0.05, 0.1) is 28.6 Å². The SMILES string of the molecule is [C-]#[N+]c1cccc(-c2ccc(-n3c4ccccc4c4cc(-c5ccc6c(c5)c5ccccc5n6-c5ccc6c(c5)C(C)(C)c5ccccc5-6)ccc43)cc2)c1. The lowest BCUT2D eigenvalue weighted by molar-refractivity contribution is 0.660. The van der Waals surface area contributed by atoms with Crippen LogP contribution < -0.4 is 0 Å². The van der Waals surface area contributed by atoms with Gasteiger partial charge in [-0.3, -0.25) is 0 Å². The van der Waals surface area contributed by atoms with Gasteiger partial charge < -0.3 is 9.13 Å². The van der Waals surface area contributed by atoms with Crippen LogP contribution >= 0.6 is 0 Å². The van der Waals surface area contributed by atoms with Crippen molar-refractivity contribution in [3.8, 4) is 44.8 Å². The molecule has 0 spiro atoms. The summed E-state index contributed by atoms with van der Waals surface area (Å²) in [4.78, 5) is 3.62. The van der Waals surface area contributed by atoms with Gasteiger partial charge in [-0.15, -0.1) is 0 Å². The molecule has 0 radical (unpaired) electrons. The lowest BCUT2D eigenvalue weighted by Crippen LogP contribution is -2.15. The summed E-state index contributed by atoms with van der Waals surface area (Å²) in [5, 5.41) is 4.96. The molecule has 1 aliphatic carbocycles. The molecule has 11 rings (SSSR count). The molecule has 3 heteroatoms. The van der Waals surface area contributed by atoms with E-state index in [1.54, 1.807) is 0 Å². The maximum atomic E-state index is 7.43. The number of rotatable bonds is 4. The van der Waals surface area contributed by atoms with E-state index >= 15 is 0 Å². The van der Waals surface area contributed by atoms with Gasteiger partial charge in [0, 0.05) is 38.3 Å². The number of nitrogens with zero attached hydrogens (tertiary/aromatic N) is 3. The molecule has 0 saturated heterocycles. The van der Waals surface area contributed by atoms with Crippen molar-refractivity contribution in [1.29, 1.82) is 0 Å². The largest absolute Gasteiger partial charge is 0.309 e. The van der Waals surface area contributed by atoms with E-state index in [-0.39, 0.29) is 5.41 Å². The van der Waals surface area contributed by atoms with E-state index < -0.39 is 0 Å². The first-order valence-corrected chi connectivity index (χ1v) is 18.9. The van der Waals surface area contributed by atoms with Crippen molar-refractivity contribution < 1.29 is 0 Å². The highest BCUT2D eigenvalue weighted by molar-refractivity contribution is 6.12. The fraction of sp³-hybridized carbons (Fsp3) is 0.0577. The van der Waals surface area contributed by atoms with Gasteiger partial charge in [0.2, 0.25) is 0 Å². The van der Waals surface area contributed by atoms with Crippen LogP contribution in [-0.2, 0) is 5.41 Å². The topological polar surface area (TPSA) is 14.2 Å². The number of fused-ring (bicyclic) bond motifs is 9. The molecule has 2 aromatic heterocycles. The fourth-order valence-electron chi connectivity index (χ4n) is 9.25. The van der Waals surface area contributed by atoms with Gasteiger partial charge in [0.1, 0.15) is 0 Å². The van der Waals surface area contributed by atoms with Gasteiger partial charge in [-0.2, -0.15) is 0 Å². The molecule has 55 heavy (non-hydrogen) atoms. The molecule has 0 aliphatic heterocycles. The minimum Gasteiger partial charge on any atom is -0.309 e. The fourth-order valence-corrected chi connectivity index (χ4v) is 9.25. The Bertz CT molecular complexity index is 3240. The first-order chi connectivity index (χ1) is 27.0. The van der Waals surface area contributed by atoms with E-state index in [0.29, 0.717) is 5.69 Å². The lowest BCUT2D eigenvalue weighted by atomic mass is 9.82. The summed E-state index contributed by atoms with van der Waals surface area (Å²) in [6, 6.07) is 63.7. The smallest absolute Gasteiger partial charge is 0.187 e. The van der Waals surface area contributed by atoms with E-state index in [1.807, 2.05) is 18.2 Å². The third kappa shape index (κ3) is 4.62. The third-order valence-corrected chi connectivity index (χ3v) is 11.9. The molecule has 0 fully saturated rings. The second-order valence-electron chi connectivity index (χ2n) is 15.3. The van der Waals surface area contributed by atoms with E-state index in [2.05, 4.69) is 186 Å². The van der Waals surface area contributed by atoms with Crippen LogP contribution in [0.3, 0.4) is 0 Å². The predicted molar refractivity (Wildman–Crippen MR) is 230 cm³/mol. The monoisotopic (exact) mass is 701 g/mol. The molecule has 0 unspecified atom stereocenters. The normalized spacial score (nSPS) is 13.0. The Labute approximate surface area is 319 Å². The molecule has 3 nitrogen and oxygen atoms in total. The van der Waals surface area contributed by atoms with E-state index in [0.717, 1.165) is 16.8 Å². The second kappa shape index (κ2) is 11.7. The molecule has 258 valence electrons. The van der Waals surface area contributed by atoms with Gasteiger partial charge >= 0.3 is 0 Å². The Morgan fingerprint density at radius 3 is 1.60 bits per heavy atom. The summed E-state index contributed by atoms with van der Waals surface area (Å²) in [7, 11) is 0. The van der Waals surface area contributed by atoms with Crippen LogP contribution in [0, 0.1) is 6.57 Å². The standard InChI is InChI=1S/C52H35N3/c1-52(2)46-16-7-4-13-40(46)41-26-25-39(32-47(41)52)55-49-18-9-6-15-43(49)45-31-36(22-28-51(45)55)35-21-27-50-44(30-35)42-14-5-8-17-48(42)54(50)38-23-19-33(20-24-38)34-11-10-12-37(29-34)53-3/h4-32H,1-2H3. The van der Waals surface area contributed by atoms with Gasteiger partial charge in [0.15, 0.2) is 5.69 Å². The van der Waals surface area contributed by atoms with Crippen LogP contribution in [0.15, 0.2) is 176 Å². The Hall–Kier alpha value is -7.15. The highest BCUT2D eigenvalue weighted by Gasteiger charge is 2.35. The zero-order valence-corrected chi connectivity index (χ0v) is 30.6. The minimum absolute atomic E-state index is 0.0643. The number of para-hydroxylation sites is 2. The molecular weight excluding hydrogens is 667 g/mol. The third-order valence-electron chi connectivity index (χ3n) is 11.9. The van der Waals surface area contributed by atoms with Crippen molar-refractivity contribution in [3.05, 3.63) is 198 Å². The average molecular weight is 702 g/mol. The van der Waals surface area contributed by atoms with Crippen LogP contribution in [0.4, 0.5) is 5.69 Å². The van der Waals surface area contributed by atoms with E-state index in [1.165, 1.54) is 82.7 Å². The summed E-state index contributed by atoms with van der Waals surface area (Å²) in [5.74, 6) is 0.